The van der Waals surface area contributed by atoms with Crippen molar-refractivity contribution in [1.82, 2.24) is 0 Å². The van der Waals surface area contributed by atoms with Gasteiger partial charge in [0.1, 0.15) is 11.6 Å². The Morgan fingerprint density at radius 3 is 2.26 bits per heavy atom. The molecule has 4 nitrogen and oxygen atoms in total. The number of nitrogens with zero attached hydrogens (tertiary/aromatic N) is 1. The number of para-hydroxylation sites is 1. The lowest BCUT2D eigenvalue weighted by Gasteiger charge is -2.11. The summed E-state index contributed by atoms with van der Waals surface area (Å²) in [5.41, 5.74) is 4.90. The molecule has 0 heterocycles. The van der Waals surface area contributed by atoms with Gasteiger partial charge in [-0.1, -0.05) is 35.9 Å². The first kappa shape index (κ1) is 16.3. The van der Waals surface area contributed by atoms with Gasteiger partial charge in [0.25, 0.3) is 5.91 Å². The van der Waals surface area contributed by atoms with Crippen LogP contribution in [0.4, 0.5) is 11.4 Å². The molecule has 0 fully saturated rings. The minimum absolute atomic E-state index is 0.0215. The summed E-state index contributed by atoms with van der Waals surface area (Å²) in [6, 6.07) is 15.1. The highest BCUT2D eigenvalue weighted by atomic mass is 16.1. The molecule has 0 radical (unpaired) electrons. The van der Waals surface area contributed by atoms with Crippen molar-refractivity contribution in [3.63, 3.8) is 0 Å². The summed E-state index contributed by atoms with van der Waals surface area (Å²) in [4.78, 5) is 12.1. The van der Waals surface area contributed by atoms with Gasteiger partial charge in [0.05, 0.1) is 0 Å². The van der Waals surface area contributed by atoms with Crippen LogP contribution >= 0.6 is 0 Å². The number of rotatable bonds is 4. The summed E-state index contributed by atoms with van der Waals surface area (Å²) in [6.45, 7) is 6.02. The van der Waals surface area contributed by atoms with E-state index >= 15 is 0 Å². The van der Waals surface area contributed by atoms with E-state index in [1.807, 2.05) is 45.0 Å². The van der Waals surface area contributed by atoms with Crippen LogP contribution < -0.4 is 10.6 Å². The van der Waals surface area contributed by atoms with Crippen molar-refractivity contribution in [2.75, 3.05) is 10.6 Å². The molecular weight excluding hydrogens is 286 g/mol. The van der Waals surface area contributed by atoms with Gasteiger partial charge in [-0.2, -0.15) is 5.26 Å². The molecule has 0 bridgehead atoms. The van der Waals surface area contributed by atoms with E-state index in [1.54, 1.807) is 12.1 Å². The molecule has 0 saturated heterocycles. The Morgan fingerprint density at radius 1 is 1.09 bits per heavy atom. The van der Waals surface area contributed by atoms with E-state index in [1.165, 1.54) is 11.8 Å². The van der Waals surface area contributed by atoms with Crippen molar-refractivity contribution < 1.29 is 4.79 Å². The van der Waals surface area contributed by atoms with Crippen LogP contribution in [-0.4, -0.2) is 5.91 Å². The fourth-order valence-corrected chi connectivity index (χ4v) is 2.42. The van der Waals surface area contributed by atoms with Gasteiger partial charge in [0.2, 0.25) is 0 Å². The van der Waals surface area contributed by atoms with Gasteiger partial charge in [-0.05, 0) is 44.0 Å². The lowest BCUT2D eigenvalue weighted by atomic mass is 10.1. The Hall–Kier alpha value is -3.06. The monoisotopic (exact) mass is 305 g/mol. The number of anilines is 2. The van der Waals surface area contributed by atoms with Gasteiger partial charge >= 0.3 is 0 Å². The predicted octanol–water partition coefficient (Wildman–Crippen LogP) is 4.07. The molecule has 0 aromatic heterocycles. The molecule has 0 spiro atoms. The van der Waals surface area contributed by atoms with Gasteiger partial charge in [-0.3, -0.25) is 4.79 Å². The lowest BCUT2D eigenvalue weighted by Crippen LogP contribution is -2.14. The minimum Gasteiger partial charge on any atom is -0.360 e. The Morgan fingerprint density at radius 2 is 1.70 bits per heavy atom. The standard InChI is InChI=1S/C19H19N3O/c1-13-9-14(2)18(15(3)10-13)21-12-16(11-20)19(23)22-17-7-5-4-6-8-17/h4-10,12,21H,1-3H3,(H,22,23)/b16-12+. The van der Waals surface area contributed by atoms with Crippen LogP contribution in [0, 0.1) is 32.1 Å². The molecule has 0 aliphatic heterocycles. The third-order valence-electron chi connectivity index (χ3n) is 3.43. The fraction of sp³-hybridized carbons (Fsp3) is 0.158. The van der Waals surface area contributed by atoms with Crippen LogP contribution in [-0.2, 0) is 4.79 Å². The molecule has 2 aromatic carbocycles. The molecule has 116 valence electrons. The molecule has 2 rings (SSSR count). The summed E-state index contributed by atoms with van der Waals surface area (Å²) >= 11 is 0. The summed E-state index contributed by atoms with van der Waals surface area (Å²) in [6.07, 6.45) is 1.45. The molecule has 0 atom stereocenters. The zero-order chi connectivity index (χ0) is 16.8. The number of nitriles is 1. The lowest BCUT2D eigenvalue weighted by molar-refractivity contribution is -0.112. The molecule has 0 aliphatic rings. The topological polar surface area (TPSA) is 64.9 Å². The van der Waals surface area contributed by atoms with Crippen LogP contribution in [0.3, 0.4) is 0 Å². The van der Waals surface area contributed by atoms with Crippen LogP contribution in [0.15, 0.2) is 54.2 Å². The molecule has 0 aliphatic carbocycles. The van der Waals surface area contributed by atoms with Crippen LogP contribution in [0.2, 0.25) is 0 Å². The van der Waals surface area contributed by atoms with E-state index in [0.717, 1.165) is 16.8 Å². The summed E-state index contributed by atoms with van der Waals surface area (Å²) in [5, 5.41) is 15.0. The third-order valence-corrected chi connectivity index (χ3v) is 3.43. The number of carbonyl (C=O) groups is 1. The Balaban J connectivity index is 2.17. The molecule has 2 aromatic rings. The average Bonchev–Trinajstić information content (AvgIpc) is 2.50. The van der Waals surface area contributed by atoms with Crippen molar-refractivity contribution in [2.24, 2.45) is 0 Å². The first-order valence-electron chi connectivity index (χ1n) is 7.32. The zero-order valence-electron chi connectivity index (χ0n) is 13.5. The smallest absolute Gasteiger partial charge is 0.267 e. The van der Waals surface area contributed by atoms with E-state index in [0.29, 0.717) is 5.69 Å². The second-order valence-corrected chi connectivity index (χ2v) is 5.41. The van der Waals surface area contributed by atoms with Gasteiger partial charge in [-0.15, -0.1) is 0 Å². The van der Waals surface area contributed by atoms with Crippen molar-refractivity contribution in [1.29, 1.82) is 5.26 Å². The maximum atomic E-state index is 12.1. The third kappa shape index (κ3) is 4.21. The highest BCUT2D eigenvalue weighted by Gasteiger charge is 2.10. The molecular formula is C19H19N3O. The van der Waals surface area contributed by atoms with Crippen LogP contribution in [0.1, 0.15) is 16.7 Å². The number of hydrogen-bond donors (Lipinski definition) is 2. The van der Waals surface area contributed by atoms with Crippen LogP contribution in [0.5, 0.6) is 0 Å². The van der Waals surface area contributed by atoms with Crippen molar-refractivity contribution in [3.05, 3.63) is 70.9 Å². The molecule has 2 N–H and O–H groups in total. The second kappa shape index (κ2) is 7.28. The second-order valence-electron chi connectivity index (χ2n) is 5.41. The van der Waals surface area contributed by atoms with E-state index in [-0.39, 0.29) is 5.57 Å². The SMILES string of the molecule is Cc1cc(C)c(N/C=C(\C#N)C(=O)Nc2ccccc2)c(C)c1. The Kier molecular flexibility index (Phi) is 5.16. The first-order chi connectivity index (χ1) is 11.0. The molecule has 4 heteroatoms. The van der Waals surface area contributed by atoms with Crippen molar-refractivity contribution in [2.45, 2.75) is 20.8 Å². The van der Waals surface area contributed by atoms with E-state index in [4.69, 9.17) is 0 Å². The van der Waals surface area contributed by atoms with Gasteiger partial charge in [0.15, 0.2) is 0 Å². The average molecular weight is 305 g/mol. The Bertz CT molecular complexity index is 763. The van der Waals surface area contributed by atoms with Gasteiger partial charge in [0, 0.05) is 17.6 Å². The number of amides is 1. The van der Waals surface area contributed by atoms with Crippen molar-refractivity contribution >= 4 is 17.3 Å². The maximum Gasteiger partial charge on any atom is 0.267 e. The number of hydrogen-bond acceptors (Lipinski definition) is 3. The summed E-state index contributed by atoms with van der Waals surface area (Å²) in [7, 11) is 0. The fourth-order valence-electron chi connectivity index (χ4n) is 2.42. The number of nitrogens with one attached hydrogen (secondary N) is 2. The van der Waals surface area contributed by atoms with E-state index < -0.39 is 5.91 Å². The van der Waals surface area contributed by atoms with E-state index in [2.05, 4.69) is 22.8 Å². The zero-order valence-corrected chi connectivity index (χ0v) is 13.5. The van der Waals surface area contributed by atoms with Gasteiger partial charge in [-0.25, -0.2) is 0 Å². The number of benzene rings is 2. The first-order valence-corrected chi connectivity index (χ1v) is 7.32. The normalized spacial score (nSPS) is 10.8. The number of carbonyl (C=O) groups excluding carboxylic acids is 1. The largest absolute Gasteiger partial charge is 0.360 e. The van der Waals surface area contributed by atoms with Gasteiger partial charge < -0.3 is 10.6 Å². The Labute approximate surface area is 136 Å². The minimum atomic E-state index is -0.436. The highest BCUT2D eigenvalue weighted by Crippen LogP contribution is 2.22. The maximum absolute atomic E-state index is 12.1. The molecule has 0 saturated carbocycles. The quantitative estimate of drug-likeness (QED) is 0.661. The summed E-state index contributed by atoms with van der Waals surface area (Å²) < 4.78 is 0. The van der Waals surface area contributed by atoms with Crippen molar-refractivity contribution in [3.8, 4) is 6.07 Å². The molecule has 1 amide bonds. The predicted molar refractivity (Wildman–Crippen MR) is 93.0 cm³/mol. The number of aryl methyl sites for hydroxylation is 3. The molecule has 23 heavy (non-hydrogen) atoms. The van der Waals surface area contributed by atoms with Crippen LogP contribution in [0.25, 0.3) is 0 Å². The summed E-state index contributed by atoms with van der Waals surface area (Å²) in [5.74, 6) is -0.436. The molecule has 0 unspecified atom stereocenters. The highest BCUT2D eigenvalue weighted by molar-refractivity contribution is 6.06. The van der Waals surface area contributed by atoms with E-state index in [9.17, 15) is 10.1 Å².